The highest BCUT2D eigenvalue weighted by atomic mass is 19.1. The summed E-state index contributed by atoms with van der Waals surface area (Å²) in [5, 5.41) is 3.06. The fourth-order valence-corrected chi connectivity index (χ4v) is 4.76. The van der Waals surface area contributed by atoms with Gasteiger partial charge in [0.2, 0.25) is 5.91 Å². The molecular formula is C25H30FN3O3. The summed E-state index contributed by atoms with van der Waals surface area (Å²) in [5.74, 6) is -0.107. The molecule has 2 amide bonds. The largest absolute Gasteiger partial charge is 0.484 e. The summed E-state index contributed by atoms with van der Waals surface area (Å²) in [6.07, 6.45) is 0. The molecule has 2 aliphatic rings. The molecule has 0 saturated carbocycles. The second-order valence-electron chi connectivity index (χ2n) is 9.23. The van der Waals surface area contributed by atoms with E-state index in [1.54, 1.807) is 4.90 Å². The molecule has 0 bridgehead atoms. The molecule has 1 atom stereocenters. The first-order valence-electron chi connectivity index (χ1n) is 11.1. The van der Waals surface area contributed by atoms with Gasteiger partial charge >= 0.3 is 0 Å². The average Bonchev–Trinajstić information content (AvgIpc) is 3.12. The lowest BCUT2D eigenvalue weighted by Gasteiger charge is -2.50. The van der Waals surface area contributed by atoms with Crippen LogP contribution in [0, 0.1) is 17.2 Å². The molecule has 32 heavy (non-hydrogen) atoms. The van der Waals surface area contributed by atoms with E-state index in [2.05, 4.69) is 22.3 Å². The Hall–Kier alpha value is -2.93. The van der Waals surface area contributed by atoms with E-state index >= 15 is 0 Å². The van der Waals surface area contributed by atoms with E-state index in [-0.39, 0.29) is 41.6 Å². The molecule has 2 aliphatic heterocycles. The van der Waals surface area contributed by atoms with E-state index in [1.807, 2.05) is 32.0 Å². The summed E-state index contributed by atoms with van der Waals surface area (Å²) < 4.78 is 18.5. The van der Waals surface area contributed by atoms with Crippen molar-refractivity contribution >= 4 is 11.8 Å². The number of likely N-dealkylation sites (tertiary alicyclic amines) is 2. The molecule has 1 unspecified atom stereocenters. The van der Waals surface area contributed by atoms with Crippen LogP contribution in [0.25, 0.3) is 0 Å². The van der Waals surface area contributed by atoms with Gasteiger partial charge in [-0.3, -0.25) is 14.5 Å². The van der Waals surface area contributed by atoms with E-state index < -0.39 is 0 Å². The van der Waals surface area contributed by atoms with Gasteiger partial charge in [-0.15, -0.1) is 0 Å². The summed E-state index contributed by atoms with van der Waals surface area (Å²) in [7, 11) is 0. The molecule has 6 nitrogen and oxygen atoms in total. The second kappa shape index (κ2) is 9.28. The van der Waals surface area contributed by atoms with Crippen molar-refractivity contribution in [2.45, 2.75) is 26.4 Å². The average molecular weight is 440 g/mol. The number of rotatable bonds is 7. The zero-order valence-electron chi connectivity index (χ0n) is 18.6. The maximum Gasteiger partial charge on any atom is 0.260 e. The topological polar surface area (TPSA) is 61.9 Å². The van der Waals surface area contributed by atoms with Gasteiger partial charge in [0.05, 0.1) is 5.92 Å². The summed E-state index contributed by atoms with van der Waals surface area (Å²) in [6.45, 7) is 7.16. The van der Waals surface area contributed by atoms with Crippen LogP contribution in [0.3, 0.4) is 0 Å². The van der Waals surface area contributed by atoms with Crippen LogP contribution >= 0.6 is 0 Å². The number of ether oxygens (including phenoxy) is 1. The number of benzene rings is 2. The van der Waals surface area contributed by atoms with Crippen molar-refractivity contribution in [2.24, 2.45) is 11.3 Å². The molecule has 2 heterocycles. The van der Waals surface area contributed by atoms with Gasteiger partial charge in [-0.2, -0.15) is 0 Å². The zero-order valence-corrected chi connectivity index (χ0v) is 18.6. The molecule has 2 saturated heterocycles. The minimum Gasteiger partial charge on any atom is -0.484 e. The van der Waals surface area contributed by atoms with Gasteiger partial charge in [-0.1, -0.05) is 30.3 Å². The van der Waals surface area contributed by atoms with Gasteiger partial charge in [0.1, 0.15) is 11.6 Å². The Labute approximate surface area is 188 Å². The predicted molar refractivity (Wildman–Crippen MR) is 119 cm³/mol. The molecule has 0 radical (unpaired) electrons. The number of amides is 2. The van der Waals surface area contributed by atoms with E-state index in [0.29, 0.717) is 25.4 Å². The molecule has 4 rings (SSSR count). The van der Waals surface area contributed by atoms with Crippen LogP contribution in [-0.2, 0) is 16.1 Å². The lowest BCUT2D eigenvalue weighted by Crippen LogP contribution is -2.64. The Bertz CT molecular complexity index is 943. The van der Waals surface area contributed by atoms with Gasteiger partial charge in [0, 0.05) is 44.2 Å². The Balaban J connectivity index is 1.38. The van der Waals surface area contributed by atoms with Gasteiger partial charge in [0.15, 0.2) is 6.61 Å². The number of nitrogens with one attached hydrogen (secondary N) is 1. The first-order valence-corrected chi connectivity index (χ1v) is 11.1. The summed E-state index contributed by atoms with van der Waals surface area (Å²) in [4.78, 5) is 29.7. The molecule has 1 spiro atoms. The second-order valence-corrected chi connectivity index (χ2v) is 9.23. The van der Waals surface area contributed by atoms with Gasteiger partial charge in [-0.25, -0.2) is 4.39 Å². The molecule has 0 aliphatic carbocycles. The summed E-state index contributed by atoms with van der Waals surface area (Å²) >= 11 is 0. The normalized spacial score (nSPS) is 19.8. The third-order valence-corrected chi connectivity index (χ3v) is 6.26. The van der Waals surface area contributed by atoms with Gasteiger partial charge in [0.25, 0.3) is 5.91 Å². The van der Waals surface area contributed by atoms with Crippen LogP contribution < -0.4 is 10.1 Å². The SMILES string of the molecule is CC(C)NC(=O)C1CN(Cc2ccccc2)CC12CN(C(=O)COc1ccc(F)cc1)C2. The lowest BCUT2D eigenvalue weighted by atomic mass is 9.71. The number of hydrogen-bond acceptors (Lipinski definition) is 4. The molecule has 2 aromatic rings. The Morgan fingerprint density at radius 2 is 1.78 bits per heavy atom. The van der Waals surface area contributed by atoms with Gasteiger partial charge in [-0.05, 0) is 43.7 Å². The van der Waals surface area contributed by atoms with Crippen molar-refractivity contribution < 1.29 is 18.7 Å². The third kappa shape index (κ3) is 4.93. The highest BCUT2D eigenvalue weighted by Gasteiger charge is 2.57. The first kappa shape index (κ1) is 22.3. The van der Waals surface area contributed by atoms with Crippen molar-refractivity contribution in [3.63, 3.8) is 0 Å². The van der Waals surface area contributed by atoms with Gasteiger partial charge < -0.3 is 15.0 Å². The fourth-order valence-electron chi connectivity index (χ4n) is 4.76. The quantitative estimate of drug-likeness (QED) is 0.721. The zero-order chi connectivity index (χ0) is 22.7. The van der Waals surface area contributed by atoms with Crippen LogP contribution in [0.5, 0.6) is 5.75 Å². The molecule has 7 heteroatoms. The van der Waals surface area contributed by atoms with Crippen LogP contribution in [0.1, 0.15) is 19.4 Å². The van der Waals surface area contributed by atoms with E-state index in [9.17, 15) is 14.0 Å². The van der Waals surface area contributed by atoms with Crippen molar-refractivity contribution in [3.8, 4) is 5.75 Å². The van der Waals surface area contributed by atoms with Crippen LogP contribution in [0.4, 0.5) is 4.39 Å². The van der Waals surface area contributed by atoms with Crippen molar-refractivity contribution in [2.75, 3.05) is 32.8 Å². The smallest absolute Gasteiger partial charge is 0.260 e. The number of hydrogen-bond donors (Lipinski definition) is 1. The Morgan fingerprint density at radius 1 is 1.09 bits per heavy atom. The van der Waals surface area contributed by atoms with E-state index in [0.717, 1.165) is 13.1 Å². The standard InChI is InChI=1S/C25H30FN3O3/c1-18(2)27-24(31)22-13-28(12-19-6-4-3-5-7-19)15-25(22)16-29(17-25)23(30)14-32-21-10-8-20(26)9-11-21/h3-11,18,22H,12-17H2,1-2H3,(H,27,31). The molecular weight excluding hydrogens is 409 g/mol. The third-order valence-electron chi connectivity index (χ3n) is 6.26. The summed E-state index contributed by atoms with van der Waals surface area (Å²) in [6, 6.07) is 15.9. The monoisotopic (exact) mass is 439 g/mol. The molecule has 1 N–H and O–H groups in total. The minimum absolute atomic E-state index is 0.0604. The Kier molecular flexibility index (Phi) is 6.46. The predicted octanol–water partition coefficient (Wildman–Crippen LogP) is 2.69. The molecule has 2 fully saturated rings. The van der Waals surface area contributed by atoms with Crippen molar-refractivity contribution in [3.05, 3.63) is 66.0 Å². The Morgan fingerprint density at radius 3 is 2.44 bits per heavy atom. The van der Waals surface area contributed by atoms with Crippen molar-refractivity contribution in [1.82, 2.24) is 15.1 Å². The molecule has 2 aromatic carbocycles. The number of carbonyl (C=O) groups is 2. The highest BCUT2D eigenvalue weighted by molar-refractivity contribution is 5.83. The molecule has 0 aromatic heterocycles. The molecule has 170 valence electrons. The highest BCUT2D eigenvalue weighted by Crippen LogP contribution is 2.44. The maximum absolute atomic E-state index is 13.0. The van der Waals surface area contributed by atoms with E-state index in [4.69, 9.17) is 4.74 Å². The summed E-state index contributed by atoms with van der Waals surface area (Å²) in [5.41, 5.74) is 0.978. The minimum atomic E-state index is -0.347. The van der Waals surface area contributed by atoms with Crippen LogP contribution in [0.2, 0.25) is 0 Å². The first-order chi connectivity index (χ1) is 15.3. The fraction of sp³-hybridized carbons (Fsp3) is 0.440. The van der Waals surface area contributed by atoms with Crippen LogP contribution in [-0.4, -0.2) is 60.4 Å². The lowest BCUT2D eigenvalue weighted by molar-refractivity contribution is -0.151. The number of nitrogens with zero attached hydrogens (tertiary/aromatic N) is 2. The number of halogens is 1. The maximum atomic E-state index is 13.0. The van der Waals surface area contributed by atoms with E-state index in [1.165, 1.54) is 29.8 Å². The number of carbonyl (C=O) groups excluding carboxylic acids is 2. The van der Waals surface area contributed by atoms with Crippen molar-refractivity contribution in [1.29, 1.82) is 0 Å². The van der Waals surface area contributed by atoms with Crippen LogP contribution in [0.15, 0.2) is 54.6 Å².